The Morgan fingerprint density at radius 3 is 1.95 bits per heavy atom. The molecule has 3 N–H and O–H groups in total. The molecule has 0 aliphatic heterocycles. The second kappa shape index (κ2) is 17.1. The van der Waals surface area contributed by atoms with E-state index in [0.717, 1.165) is 44.9 Å². The highest BCUT2D eigenvalue weighted by atomic mass is 16.7. The van der Waals surface area contributed by atoms with Gasteiger partial charge in [0.05, 0.1) is 0 Å². The van der Waals surface area contributed by atoms with Gasteiger partial charge in [-0.15, -0.1) is 0 Å². The second-order valence-corrected chi connectivity index (χ2v) is 11.8. The summed E-state index contributed by atoms with van der Waals surface area (Å²) in [6.07, 6.45) is 4.86. The molecule has 1 fully saturated rings. The van der Waals surface area contributed by atoms with Crippen molar-refractivity contribution in [3.8, 4) is 11.5 Å². The highest BCUT2D eigenvalue weighted by molar-refractivity contribution is 5.77. The molecule has 42 heavy (non-hydrogen) atoms. The monoisotopic (exact) mass is 591 g/mol. The van der Waals surface area contributed by atoms with Crippen LogP contribution in [0.3, 0.4) is 0 Å². The van der Waals surface area contributed by atoms with Crippen LogP contribution in [0.25, 0.3) is 0 Å². The molecular formula is C32H49NO9. The molecule has 5 unspecified atom stereocenters. The molecule has 236 valence electrons. The second-order valence-electron chi connectivity index (χ2n) is 11.8. The number of hydrogen-bond acceptors (Lipinski definition) is 9. The normalized spacial score (nSPS) is 18.1. The first kappa shape index (κ1) is 35.1. The van der Waals surface area contributed by atoms with E-state index < -0.39 is 48.0 Å². The molecule has 10 nitrogen and oxygen atoms in total. The molecule has 0 spiro atoms. The summed E-state index contributed by atoms with van der Waals surface area (Å²) in [5, 5.41) is 9.85. The average molecular weight is 592 g/mol. The van der Waals surface area contributed by atoms with Gasteiger partial charge < -0.3 is 29.8 Å². The molecule has 1 aromatic rings. The Labute approximate surface area is 249 Å². The number of ether oxygens (including phenoxy) is 4. The Kier molecular flexibility index (Phi) is 14.3. The Morgan fingerprint density at radius 1 is 0.881 bits per heavy atom. The van der Waals surface area contributed by atoms with Gasteiger partial charge >= 0.3 is 24.1 Å². The van der Waals surface area contributed by atoms with Crippen LogP contribution in [-0.2, 0) is 23.9 Å². The van der Waals surface area contributed by atoms with E-state index >= 15 is 0 Å². The molecule has 0 aromatic heterocycles. The van der Waals surface area contributed by atoms with E-state index in [2.05, 4.69) is 0 Å². The van der Waals surface area contributed by atoms with Crippen molar-refractivity contribution in [3.63, 3.8) is 0 Å². The summed E-state index contributed by atoms with van der Waals surface area (Å²) in [6, 6.07) is 3.18. The first-order valence-corrected chi connectivity index (χ1v) is 15.3. The summed E-state index contributed by atoms with van der Waals surface area (Å²) in [4.78, 5) is 49.9. The average Bonchev–Trinajstić information content (AvgIpc) is 2.94. The summed E-state index contributed by atoms with van der Waals surface area (Å²) in [7, 11) is 0. The summed E-state index contributed by atoms with van der Waals surface area (Å²) in [6.45, 7) is 11.2. The maximum atomic E-state index is 12.7. The lowest BCUT2D eigenvalue weighted by Crippen LogP contribution is -2.43. The first-order valence-electron chi connectivity index (χ1n) is 15.3. The standard InChI is InChI=1S/C32H49NO9/c1-7-19(3)16-27(34)41-25-15-14-23(18-26(25)42-28(35)17-20(4)8-2)29(30(33)31(36)37)21(5)22(6)39-32(38)40-24-12-10-9-11-13-24/h14-15,18-22,24,29-30H,7-13,16-17,33H2,1-6H3,(H,36,37)/t19?,20?,21?,22?,29?,30-/m0/s1. The summed E-state index contributed by atoms with van der Waals surface area (Å²) >= 11 is 0. The Morgan fingerprint density at radius 2 is 1.43 bits per heavy atom. The number of hydrogen-bond donors (Lipinski definition) is 2. The molecule has 6 atom stereocenters. The van der Waals surface area contributed by atoms with Gasteiger partial charge in [-0.25, -0.2) is 4.79 Å². The highest BCUT2D eigenvalue weighted by Gasteiger charge is 2.36. The zero-order valence-electron chi connectivity index (χ0n) is 25.9. The van der Waals surface area contributed by atoms with Gasteiger partial charge in [0, 0.05) is 24.7 Å². The molecule has 2 rings (SSSR count). The van der Waals surface area contributed by atoms with E-state index in [4.69, 9.17) is 24.7 Å². The molecular weight excluding hydrogens is 542 g/mol. The van der Waals surface area contributed by atoms with Crippen molar-refractivity contribution in [1.29, 1.82) is 0 Å². The zero-order chi connectivity index (χ0) is 31.4. The number of nitrogens with two attached hydrogens (primary N) is 1. The molecule has 0 radical (unpaired) electrons. The van der Waals surface area contributed by atoms with Gasteiger partial charge in [0.2, 0.25) is 0 Å². The smallest absolute Gasteiger partial charge is 0.480 e. The molecule has 1 aliphatic carbocycles. The van der Waals surface area contributed by atoms with Crippen molar-refractivity contribution in [1.82, 2.24) is 0 Å². The van der Waals surface area contributed by atoms with Gasteiger partial charge in [-0.3, -0.25) is 14.4 Å². The molecule has 1 saturated carbocycles. The SMILES string of the molecule is CCC(C)CC(=O)Oc1ccc(C(C(C)C(C)OC(=O)OC2CCCCC2)[C@H](N)C(=O)O)cc1OC(=O)CC(C)CC. The van der Waals surface area contributed by atoms with E-state index in [1.807, 2.05) is 27.7 Å². The van der Waals surface area contributed by atoms with Crippen LogP contribution in [0.15, 0.2) is 18.2 Å². The molecule has 1 aromatic carbocycles. The van der Waals surface area contributed by atoms with Crippen molar-refractivity contribution in [2.75, 3.05) is 0 Å². The number of carbonyl (C=O) groups is 4. The van der Waals surface area contributed by atoms with E-state index in [0.29, 0.717) is 5.56 Å². The maximum Gasteiger partial charge on any atom is 0.508 e. The van der Waals surface area contributed by atoms with Crippen molar-refractivity contribution in [2.45, 2.75) is 123 Å². The number of carboxylic acids is 1. The fraction of sp³-hybridized carbons (Fsp3) is 0.688. The summed E-state index contributed by atoms with van der Waals surface area (Å²) in [5.74, 6) is -3.40. The van der Waals surface area contributed by atoms with Crippen LogP contribution < -0.4 is 15.2 Å². The molecule has 0 amide bonds. The third-order valence-corrected chi connectivity index (χ3v) is 8.30. The molecule has 0 saturated heterocycles. The lowest BCUT2D eigenvalue weighted by molar-refractivity contribution is -0.140. The van der Waals surface area contributed by atoms with Gasteiger partial charge in [0.1, 0.15) is 18.2 Å². The number of benzene rings is 1. The third-order valence-electron chi connectivity index (χ3n) is 8.30. The molecule has 0 bridgehead atoms. The van der Waals surface area contributed by atoms with Gasteiger partial charge in [0.25, 0.3) is 0 Å². The fourth-order valence-electron chi connectivity index (χ4n) is 4.97. The summed E-state index contributed by atoms with van der Waals surface area (Å²) < 4.78 is 22.3. The van der Waals surface area contributed by atoms with Crippen molar-refractivity contribution >= 4 is 24.1 Å². The number of esters is 2. The van der Waals surface area contributed by atoms with Crippen LogP contribution in [0.5, 0.6) is 11.5 Å². The number of rotatable bonds is 15. The van der Waals surface area contributed by atoms with Crippen LogP contribution in [-0.4, -0.2) is 47.4 Å². The Balaban J connectivity index is 2.36. The van der Waals surface area contributed by atoms with E-state index in [-0.39, 0.29) is 42.3 Å². The zero-order valence-corrected chi connectivity index (χ0v) is 25.9. The predicted octanol–water partition coefficient (Wildman–Crippen LogP) is 6.38. The van der Waals surface area contributed by atoms with E-state index in [1.54, 1.807) is 19.9 Å². The Bertz CT molecular complexity index is 1050. The minimum atomic E-state index is -1.37. The minimum absolute atomic E-state index is 0.00151. The van der Waals surface area contributed by atoms with Crippen molar-refractivity contribution in [2.24, 2.45) is 23.5 Å². The van der Waals surface area contributed by atoms with Crippen LogP contribution >= 0.6 is 0 Å². The number of carbonyl (C=O) groups excluding carboxylic acids is 3. The first-order chi connectivity index (χ1) is 19.9. The van der Waals surface area contributed by atoms with Crippen LogP contribution in [0.4, 0.5) is 4.79 Å². The minimum Gasteiger partial charge on any atom is -0.480 e. The number of carboxylic acid groups (broad SMARTS) is 1. The lowest BCUT2D eigenvalue weighted by Gasteiger charge is -2.32. The van der Waals surface area contributed by atoms with Gasteiger partial charge in [-0.2, -0.15) is 0 Å². The van der Waals surface area contributed by atoms with Crippen LogP contribution in [0.2, 0.25) is 0 Å². The summed E-state index contributed by atoms with van der Waals surface area (Å²) in [5.41, 5.74) is 6.60. The van der Waals surface area contributed by atoms with Gasteiger partial charge in [-0.1, -0.05) is 59.9 Å². The maximum absolute atomic E-state index is 12.7. The predicted molar refractivity (Wildman–Crippen MR) is 157 cm³/mol. The van der Waals surface area contributed by atoms with Crippen molar-refractivity contribution < 1.29 is 43.2 Å². The topological polar surface area (TPSA) is 151 Å². The molecule has 0 heterocycles. The Hall–Kier alpha value is -3.14. The van der Waals surface area contributed by atoms with Gasteiger partial charge in [-0.05, 0) is 62.1 Å². The highest BCUT2D eigenvalue weighted by Crippen LogP contribution is 2.38. The quantitative estimate of drug-likeness (QED) is 0.174. The van der Waals surface area contributed by atoms with E-state index in [9.17, 15) is 24.3 Å². The number of aliphatic carboxylic acids is 1. The fourth-order valence-corrected chi connectivity index (χ4v) is 4.97. The molecule has 10 heteroatoms. The van der Waals surface area contributed by atoms with Gasteiger partial charge in [0.15, 0.2) is 11.5 Å². The van der Waals surface area contributed by atoms with E-state index in [1.165, 1.54) is 12.1 Å². The largest absolute Gasteiger partial charge is 0.508 e. The van der Waals surface area contributed by atoms with Crippen LogP contribution in [0, 0.1) is 17.8 Å². The third kappa shape index (κ3) is 10.9. The lowest BCUT2D eigenvalue weighted by atomic mass is 9.79. The van der Waals surface area contributed by atoms with Crippen LogP contribution in [0.1, 0.15) is 111 Å². The molecule has 1 aliphatic rings. The van der Waals surface area contributed by atoms with Crippen molar-refractivity contribution in [3.05, 3.63) is 23.8 Å².